The number of nitrogens with zero attached hydrogens (tertiary/aromatic N) is 4. The van der Waals surface area contributed by atoms with Crippen molar-refractivity contribution in [2.24, 2.45) is 10.1 Å². The van der Waals surface area contributed by atoms with Crippen molar-refractivity contribution < 1.29 is 22.8 Å². The first-order valence-electron chi connectivity index (χ1n) is 6.14. The predicted molar refractivity (Wildman–Crippen MR) is 76.3 cm³/mol. The van der Waals surface area contributed by atoms with E-state index in [-0.39, 0.29) is 17.5 Å². The summed E-state index contributed by atoms with van der Waals surface area (Å²) in [4.78, 5) is 3.33. The Morgan fingerprint density at radius 2 is 2.00 bits per heavy atom. The highest BCUT2D eigenvalue weighted by Gasteiger charge is 2.36. The number of hydrogen-bond acceptors (Lipinski definition) is 4. The second-order valence-electron chi connectivity index (χ2n) is 4.29. The Balaban J connectivity index is 2.57. The largest absolute Gasteiger partial charge is 0.420 e. The SMILES string of the molecule is C=N/C(=C(\C=N/O)C(F)(F)F)c1cnn(-c2ccccc2F)c1. The number of halogens is 4. The molecule has 0 aliphatic carbocycles. The number of para-hydroxylation sites is 1. The Hall–Kier alpha value is -2.97. The molecular weight excluding hydrogens is 316 g/mol. The fourth-order valence-electron chi connectivity index (χ4n) is 1.87. The van der Waals surface area contributed by atoms with Gasteiger partial charge in [0.15, 0.2) is 0 Å². The minimum absolute atomic E-state index is 0.0597. The van der Waals surface area contributed by atoms with Crippen LogP contribution in [0.3, 0.4) is 0 Å². The predicted octanol–water partition coefficient (Wildman–Crippen LogP) is 3.45. The van der Waals surface area contributed by atoms with E-state index in [4.69, 9.17) is 5.21 Å². The Labute approximate surface area is 127 Å². The summed E-state index contributed by atoms with van der Waals surface area (Å²) in [6, 6.07) is 5.64. The van der Waals surface area contributed by atoms with Crippen LogP contribution in [0.25, 0.3) is 11.4 Å². The Morgan fingerprint density at radius 1 is 1.30 bits per heavy atom. The number of aromatic nitrogens is 2. The van der Waals surface area contributed by atoms with E-state index in [2.05, 4.69) is 22.0 Å². The third-order valence-electron chi connectivity index (χ3n) is 2.86. The Morgan fingerprint density at radius 3 is 2.57 bits per heavy atom. The van der Waals surface area contributed by atoms with Crippen LogP contribution in [0.4, 0.5) is 17.6 Å². The van der Waals surface area contributed by atoms with E-state index in [0.717, 1.165) is 10.9 Å². The number of aliphatic imine (C=N–C) groups is 1. The smallest absolute Gasteiger partial charge is 0.411 e. The van der Waals surface area contributed by atoms with Crippen molar-refractivity contribution in [3.8, 4) is 5.69 Å². The molecule has 0 atom stereocenters. The fourth-order valence-corrected chi connectivity index (χ4v) is 1.87. The lowest BCUT2D eigenvalue weighted by molar-refractivity contribution is -0.0853. The van der Waals surface area contributed by atoms with Crippen molar-refractivity contribution in [2.75, 3.05) is 0 Å². The molecule has 1 aromatic heterocycles. The van der Waals surface area contributed by atoms with Crippen LogP contribution < -0.4 is 0 Å². The molecule has 0 unspecified atom stereocenters. The van der Waals surface area contributed by atoms with Crippen molar-refractivity contribution in [1.82, 2.24) is 9.78 Å². The van der Waals surface area contributed by atoms with Gasteiger partial charge in [0.25, 0.3) is 0 Å². The van der Waals surface area contributed by atoms with Gasteiger partial charge in [-0.3, -0.25) is 4.99 Å². The van der Waals surface area contributed by atoms with E-state index in [1.807, 2.05) is 0 Å². The molecule has 120 valence electrons. The van der Waals surface area contributed by atoms with Gasteiger partial charge in [-0.2, -0.15) is 18.3 Å². The molecule has 9 heteroatoms. The van der Waals surface area contributed by atoms with Crippen LogP contribution in [0.2, 0.25) is 0 Å². The third kappa shape index (κ3) is 3.44. The van der Waals surface area contributed by atoms with Gasteiger partial charge in [-0.25, -0.2) is 9.07 Å². The first-order valence-corrected chi connectivity index (χ1v) is 6.14. The minimum atomic E-state index is -4.82. The molecule has 0 saturated carbocycles. The molecule has 0 spiro atoms. The van der Waals surface area contributed by atoms with Crippen LogP contribution in [-0.2, 0) is 0 Å². The van der Waals surface area contributed by atoms with Crippen molar-refractivity contribution in [3.63, 3.8) is 0 Å². The summed E-state index contributed by atoms with van der Waals surface area (Å²) >= 11 is 0. The van der Waals surface area contributed by atoms with Gasteiger partial charge < -0.3 is 5.21 Å². The molecule has 0 fully saturated rings. The quantitative estimate of drug-likeness (QED) is 0.405. The number of rotatable bonds is 4. The first kappa shape index (κ1) is 16.4. The van der Waals surface area contributed by atoms with E-state index in [0.29, 0.717) is 0 Å². The van der Waals surface area contributed by atoms with E-state index in [1.165, 1.54) is 24.4 Å². The maximum Gasteiger partial charge on any atom is 0.420 e. The summed E-state index contributed by atoms with van der Waals surface area (Å²) in [5.41, 5.74) is -1.89. The van der Waals surface area contributed by atoms with Crippen molar-refractivity contribution >= 4 is 18.6 Å². The summed E-state index contributed by atoms with van der Waals surface area (Å²) in [5.74, 6) is -0.591. The minimum Gasteiger partial charge on any atom is -0.411 e. The second-order valence-corrected chi connectivity index (χ2v) is 4.29. The number of alkyl halides is 3. The summed E-state index contributed by atoms with van der Waals surface area (Å²) in [6.45, 7) is 3.09. The molecule has 0 amide bonds. The molecule has 1 aromatic carbocycles. The molecule has 0 bridgehead atoms. The zero-order chi connectivity index (χ0) is 17.0. The summed E-state index contributed by atoms with van der Waals surface area (Å²) in [7, 11) is 0. The normalized spacial score (nSPS) is 13.2. The summed E-state index contributed by atoms with van der Waals surface area (Å²) < 4.78 is 53.7. The van der Waals surface area contributed by atoms with Gasteiger partial charge in [0, 0.05) is 11.8 Å². The maximum atomic E-state index is 13.7. The number of benzene rings is 1. The lowest BCUT2D eigenvalue weighted by Crippen LogP contribution is -2.15. The Bertz CT molecular complexity index is 777. The molecule has 5 nitrogen and oxygen atoms in total. The van der Waals surface area contributed by atoms with Crippen LogP contribution in [0.5, 0.6) is 0 Å². The highest BCUT2D eigenvalue weighted by atomic mass is 19.4. The monoisotopic (exact) mass is 326 g/mol. The van der Waals surface area contributed by atoms with Gasteiger partial charge in [0.2, 0.25) is 0 Å². The van der Waals surface area contributed by atoms with Gasteiger partial charge in [0.05, 0.1) is 18.1 Å². The van der Waals surface area contributed by atoms with E-state index < -0.39 is 23.3 Å². The standard InChI is InChI=1S/C14H10F4N4O/c1-19-13(10(7-21-23)14(16,17)18)9-6-20-22(8-9)12-5-3-2-4-11(12)15/h2-8,23H,1H2/b13-10+,21-7-. The van der Waals surface area contributed by atoms with Gasteiger partial charge in [0.1, 0.15) is 17.1 Å². The van der Waals surface area contributed by atoms with Crippen LogP contribution in [0, 0.1) is 5.82 Å². The van der Waals surface area contributed by atoms with Crippen molar-refractivity contribution in [3.05, 3.63) is 53.6 Å². The molecule has 2 aromatic rings. The summed E-state index contributed by atoms with van der Waals surface area (Å²) in [6.07, 6.45) is -2.36. The highest BCUT2D eigenvalue weighted by molar-refractivity contribution is 5.92. The van der Waals surface area contributed by atoms with Crippen molar-refractivity contribution in [1.29, 1.82) is 0 Å². The molecule has 0 aliphatic rings. The lowest BCUT2D eigenvalue weighted by Gasteiger charge is -2.09. The van der Waals surface area contributed by atoms with Crippen LogP contribution in [-0.4, -0.2) is 34.1 Å². The molecule has 1 heterocycles. The van der Waals surface area contributed by atoms with Crippen LogP contribution >= 0.6 is 0 Å². The van der Waals surface area contributed by atoms with Crippen molar-refractivity contribution in [2.45, 2.75) is 6.18 Å². The van der Waals surface area contributed by atoms with Gasteiger partial charge in [-0.05, 0) is 18.9 Å². The molecular formula is C14H10F4N4O. The average molecular weight is 326 g/mol. The summed E-state index contributed by atoms with van der Waals surface area (Å²) in [5, 5.41) is 14.6. The highest BCUT2D eigenvalue weighted by Crippen LogP contribution is 2.32. The lowest BCUT2D eigenvalue weighted by atomic mass is 10.1. The molecule has 0 saturated heterocycles. The zero-order valence-corrected chi connectivity index (χ0v) is 11.5. The number of hydrogen-bond donors (Lipinski definition) is 1. The number of allylic oxidation sites excluding steroid dienone is 1. The van der Waals surface area contributed by atoms with Gasteiger partial charge >= 0.3 is 6.18 Å². The average Bonchev–Trinajstić information content (AvgIpc) is 2.96. The molecule has 23 heavy (non-hydrogen) atoms. The molecule has 2 rings (SSSR count). The van der Waals surface area contributed by atoms with Crippen LogP contribution in [0.15, 0.2) is 52.4 Å². The topological polar surface area (TPSA) is 62.8 Å². The van der Waals surface area contributed by atoms with E-state index in [9.17, 15) is 17.6 Å². The van der Waals surface area contributed by atoms with Gasteiger partial charge in [-0.15, -0.1) is 0 Å². The van der Waals surface area contributed by atoms with Gasteiger partial charge in [-0.1, -0.05) is 17.3 Å². The van der Waals surface area contributed by atoms with Crippen LogP contribution in [0.1, 0.15) is 5.56 Å². The molecule has 0 aliphatic heterocycles. The Kier molecular flexibility index (Phi) is 4.58. The maximum absolute atomic E-state index is 13.7. The van der Waals surface area contributed by atoms with E-state index in [1.54, 1.807) is 6.07 Å². The number of oxime groups is 1. The zero-order valence-electron chi connectivity index (χ0n) is 11.5. The van der Waals surface area contributed by atoms with E-state index >= 15 is 0 Å². The second kappa shape index (κ2) is 6.42. The third-order valence-corrected chi connectivity index (χ3v) is 2.86. The molecule has 1 N–H and O–H groups in total. The first-order chi connectivity index (χ1) is 10.9. The molecule has 0 radical (unpaired) electrons. The fraction of sp³-hybridized carbons (Fsp3) is 0.0714.